The van der Waals surface area contributed by atoms with Crippen molar-refractivity contribution >= 4 is 24.0 Å². The van der Waals surface area contributed by atoms with Crippen molar-refractivity contribution in [2.45, 2.75) is 19.0 Å². The maximum Gasteiger partial charge on any atom is 0.320 e. The number of halogens is 1. The topological polar surface area (TPSA) is 125 Å². The van der Waals surface area contributed by atoms with Gasteiger partial charge in [0, 0.05) is 54.9 Å². The van der Waals surface area contributed by atoms with Gasteiger partial charge in [-0.25, -0.2) is 14.5 Å². The third-order valence-electron chi connectivity index (χ3n) is 5.60. The van der Waals surface area contributed by atoms with Gasteiger partial charge in [-0.05, 0) is 36.8 Å². The summed E-state index contributed by atoms with van der Waals surface area (Å²) >= 11 is 6.23. The summed E-state index contributed by atoms with van der Waals surface area (Å²) in [6.07, 6.45) is 11.5. The standard InChI is InChI=1S/C19H22ClN5O2.C5H7N3O/c1-26-18-4-3-14(20)11-16(18)19-17(25-8-2-6-22-25)12-24(23-19)9-7-21-15-5-10-27-13-15;6-5(9)8-3-1-2-7-4-8/h2-4,6,8,11-12,15,21H,5,7,9-10,13H2,1H3;1-2,4H,3H2,(H2,6,9). The first kappa shape index (κ1) is 25.4. The molecule has 1 aromatic carbocycles. The highest BCUT2D eigenvalue weighted by Crippen LogP contribution is 2.34. The Kier molecular flexibility index (Phi) is 8.71. The van der Waals surface area contributed by atoms with E-state index in [2.05, 4.69) is 15.4 Å². The van der Waals surface area contributed by atoms with Gasteiger partial charge in [-0.3, -0.25) is 9.58 Å². The highest BCUT2D eigenvalue weighted by atomic mass is 35.5. The number of aliphatic imine (C=N–C) groups is 1. The first-order valence-electron chi connectivity index (χ1n) is 11.5. The van der Waals surface area contributed by atoms with Crippen LogP contribution >= 0.6 is 11.6 Å². The zero-order valence-corrected chi connectivity index (χ0v) is 20.7. The zero-order chi connectivity index (χ0) is 25.3. The van der Waals surface area contributed by atoms with Gasteiger partial charge in [0.15, 0.2) is 0 Å². The van der Waals surface area contributed by atoms with E-state index >= 15 is 0 Å². The molecular weight excluding hydrogens is 484 g/mol. The summed E-state index contributed by atoms with van der Waals surface area (Å²) in [5.41, 5.74) is 7.43. The van der Waals surface area contributed by atoms with Crippen LogP contribution in [0.4, 0.5) is 4.79 Å². The van der Waals surface area contributed by atoms with Crippen molar-refractivity contribution in [2.24, 2.45) is 10.7 Å². The lowest BCUT2D eigenvalue weighted by Crippen LogP contribution is -2.35. The lowest BCUT2D eigenvalue weighted by Gasteiger charge is -2.12. The van der Waals surface area contributed by atoms with Crippen LogP contribution in [0.5, 0.6) is 5.75 Å². The molecule has 2 aromatic heterocycles. The molecule has 12 heteroatoms. The SMILES string of the molecule is COc1ccc(Cl)cc1-c1nn(CCNC2CCOC2)cc1-n1cccn1.NC(=O)N1C=NC=CC1. The van der Waals surface area contributed by atoms with Gasteiger partial charge in [-0.1, -0.05) is 11.6 Å². The second kappa shape index (κ2) is 12.3. The quantitative estimate of drug-likeness (QED) is 0.501. The van der Waals surface area contributed by atoms with E-state index in [1.54, 1.807) is 30.3 Å². The Labute approximate surface area is 214 Å². The Morgan fingerprint density at radius 1 is 1.39 bits per heavy atom. The molecular formula is C24H29ClN8O3. The predicted molar refractivity (Wildman–Crippen MR) is 137 cm³/mol. The van der Waals surface area contributed by atoms with Crippen molar-refractivity contribution < 1.29 is 14.3 Å². The monoisotopic (exact) mass is 512 g/mol. The Morgan fingerprint density at radius 2 is 2.28 bits per heavy atom. The average Bonchev–Trinajstić information content (AvgIpc) is 3.67. The molecule has 2 aliphatic heterocycles. The summed E-state index contributed by atoms with van der Waals surface area (Å²) in [6.45, 7) is 3.71. The van der Waals surface area contributed by atoms with E-state index in [0.29, 0.717) is 17.6 Å². The summed E-state index contributed by atoms with van der Waals surface area (Å²) in [4.78, 5) is 15.4. The Hall–Kier alpha value is -3.67. The van der Waals surface area contributed by atoms with E-state index < -0.39 is 6.03 Å². The number of nitrogens with zero attached hydrogens (tertiary/aromatic N) is 6. The number of benzene rings is 1. The van der Waals surface area contributed by atoms with Gasteiger partial charge in [-0.15, -0.1) is 0 Å². The molecule has 0 aliphatic carbocycles. The van der Waals surface area contributed by atoms with Crippen LogP contribution in [0.25, 0.3) is 16.9 Å². The van der Waals surface area contributed by atoms with Crippen LogP contribution in [-0.2, 0) is 11.3 Å². The van der Waals surface area contributed by atoms with Gasteiger partial charge in [0.05, 0.1) is 32.8 Å². The second-order valence-corrected chi connectivity index (χ2v) is 8.51. The van der Waals surface area contributed by atoms with Crippen molar-refractivity contribution in [3.63, 3.8) is 0 Å². The average molecular weight is 513 g/mol. The zero-order valence-electron chi connectivity index (χ0n) is 20.0. The normalized spacial score (nSPS) is 16.6. The molecule has 0 spiro atoms. The van der Waals surface area contributed by atoms with Crippen molar-refractivity contribution in [1.82, 2.24) is 29.8 Å². The number of amides is 2. The molecule has 4 heterocycles. The lowest BCUT2D eigenvalue weighted by atomic mass is 10.1. The number of hydrogen-bond donors (Lipinski definition) is 2. The minimum atomic E-state index is -0.469. The fraction of sp³-hybridized carbons (Fsp3) is 0.333. The Morgan fingerprint density at radius 3 is 2.92 bits per heavy atom. The van der Waals surface area contributed by atoms with Crippen LogP contribution in [0.15, 0.2) is 60.1 Å². The highest BCUT2D eigenvalue weighted by molar-refractivity contribution is 6.31. The van der Waals surface area contributed by atoms with Gasteiger partial charge in [-0.2, -0.15) is 10.2 Å². The third-order valence-corrected chi connectivity index (χ3v) is 5.83. The van der Waals surface area contributed by atoms with E-state index in [1.807, 2.05) is 41.3 Å². The van der Waals surface area contributed by atoms with Crippen LogP contribution < -0.4 is 15.8 Å². The van der Waals surface area contributed by atoms with E-state index in [9.17, 15) is 4.79 Å². The number of carbonyl (C=O) groups is 1. The molecule has 0 radical (unpaired) electrons. The van der Waals surface area contributed by atoms with E-state index in [1.165, 1.54) is 11.2 Å². The molecule has 0 bridgehead atoms. The lowest BCUT2D eigenvalue weighted by molar-refractivity contribution is 0.190. The van der Waals surface area contributed by atoms with Gasteiger partial charge in [0.1, 0.15) is 17.1 Å². The van der Waals surface area contributed by atoms with Crippen molar-refractivity contribution in [3.8, 4) is 22.7 Å². The number of urea groups is 1. The van der Waals surface area contributed by atoms with Crippen molar-refractivity contribution in [2.75, 3.05) is 33.4 Å². The maximum atomic E-state index is 10.4. The van der Waals surface area contributed by atoms with Gasteiger partial charge < -0.3 is 20.5 Å². The maximum absolute atomic E-state index is 10.4. The number of hydrogen-bond acceptors (Lipinski definition) is 7. The molecule has 36 heavy (non-hydrogen) atoms. The van der Waals surface area contributed by atoms with E-state index in [0.717, 1.165) is 55.4 Å². The molecule has 1 saturated heterocycles. The Bertz CT molecular complexity index is 1200. The molecule has 1 atom stereocenters. The first-order chi connectivity index (χ1) is 17.5. The fourth-order valence-corrected chi connectivity index (χ4v) is 3.95. The van der Waals surface area contributed by atoms with Crippen LogP contribution in [0.2, 0.25) is 5.02 Å². The molecule has 3 aromatic rings. The van der Waals surface area contributed by atoms with E-state index in [4.69, 9.17) is 31.9 Å². The second-order valence-electron chi connectivity index (χ2n) is 8.08. The number of nitrogens with two attached hydrogens (primary N) is 1. The van der Waals surface area contributed by atoms with Crippen LogP contribution in [-0.4, -0.2) is 76.3 Å². The summed E-state index contributed by atoms with van der Waals surface area (Å²) < 4.78 is 14.7. The summed E-state index contributed by atoms with van der Waals surface area (Å²) in [7, 11) is 1.64. The number of methoxy groups -OCH3 is 1. The highest BCUT2D eigenvalue weighted by Gasteiger charge is 2.19. The largest absolute Gasteiger partial charge is 0.496 e. The number of nitrogens with one attached hydrogen (secondary N) is 1. The Balaban J connectivity index is 0.000000286. The minimum absolute atomic E-state index is 0.429. The molecule has 1 fully saturated rings. The number of rotatable bonds is 7. The molecule has 1 unspecified atom stereocenters. The van der Waals surface area contributed by atoms with Crippen molar-refractivity contribution in [1.29, 1.82) is 0 Å². The predicted octanol–water partition coefficient (Wildman–Crippen LogP) is 2.70. The molecule has 2 aliphatic rings. The van der Waals surface area contributed by atoms with Crippen molar-refractivity contribution in [3.05, 3.63) is 60.2 Å². The number of ether oxygens (including phenoxy) is 2. The molecule has 5 rings (SSSR count). The first-order valence-corrected chi connectivity index (χ1v) is 11.9. The molecule has 190 valence electrons. The molecule has 3 N–H and O–H groups in total. The van der Waals surface area contributed by atoms with Crippen LogP contribution in [0, 0.1) is 0 Å². The summed E-state index contributed by atoms with van der Waals surface area (Å²) in [5.74, 6) is 0.722. The summed E-state index contributed by atoms with van der Waals surface area (Å²) in [5, 5.41) is 13.3. The number of primary amides is 1. The van der Waals surface area contributed by atoms with Gasteiger partial charge >= 0.3 is 6.03 Å². The third kappa shape index (κ3) is 6.51. The van der Waals surface area contributed by atoms with Crippen LogP contribution in [0.3, 0.4) is 0 Å². The van der Waals surface area contributed by atoms with Gasteiger partial charge in [0.2, 0.25) is 0 Å². The molecule has 2 amide bonds. The number of carbonyl (C=O) groups excluding carboxylic acids is 1. The fourth-order valence-electron chi connectivity index (χ4n) is 3.77. The summed E-state index contributed by atoms with van der Waals surface area (Å²) in [6, 6.07) is 7.38. The van der Waals surface area contributed by atoms with Gasteiger partial charge in [0.25, 0.3) is 0 Å². The minimum Gasteiger partial charge on any atom is -0.496 e. The van der Waals surface area contributed by atoms with E-state index in [-0.39, 0.29) is 0 Å². The van der Waals surface area contributed by atoms with Crippen LogP contribution in [0.1, 0.15) is 6.42 Å². The molecule has 11 nitrogen and oxygen atoms in total. The number of aromatic nitrogens is 4. The smallest absolute Gasteiger partial charge is 0.320 e. The molecule has 0 saturated carbocycles.